The first kappa shape index (κ1) is 17.1. The van der Waals surface area contributed by atoms with Crippen LogP contribution in [0.25, 0.3) is 26.9 Å². The van der Waals surface area contributed by atoms with Crippen molar-refractivity contribution in [3.05, 3.63) is 57.8 Å². The Kier molecular flexibility index (Phi) is 3.83. The van der Waals surface area contributed by atoms with Gasteiger partial charge in [-0.15, -0.1) is 11.3 Å². The van der Waals surface area contributed by atoms with Crippen molar-refractivity contribution in [3.63, 3.8) is 0 Å². The molecule has 0 amide bonds. The molecule has 0 radical (unpaired) electrons. The van der Waals surface area contributed by atoms with E-state index in [1.807, 2.05) is 29.7 Å². The minimum absolute atomic E-state index is 0.120. The van der Waals surface area contributed by atoms with Gasteiger partial charge in [0.05, 0.1) is 11.3 Å². The lowest BCUT2D eigenvalue weighted by Gasteiger charge is -2.13. The van der Waals surface area contributed by atoms with E-state index < -0.39 is 0 Å². The van der Waals surface area contributed by atoms with Gasteiger partial charge in [-0.3, -0.25) is 4.40 Å². The molecule has 0 fully saturated rings. The molecule has 0 aliphatic heterocycles. The van der Waals surface area contributed by atoms with E-state index in [4.69, 9.17) is 16.6 Å². The minimum Gasteiger partial charge on any atom is -0.288 e. The number of rotatable bonds is 1. The molecular weight excluding hydrogens is 362 g/mol. The van der Waals surface area contributed by atoms with Crippen LogP contribution >= 0.6 is 22.9 Å². The number of thiophene rings is 1. The molecule has 0 N–H and O–H groups in total. The second kappa shape index (κ2) is 5.84. The lowest BCUT2D eigenvalue weighted by molar-refractivity contribution is 0.573. The van der Waals surface area contributed by atoms with Gasteiger partial charge in [-0.05, 0) is 23.9 Å². The number of imidazole rings is 1. The number of benzene rings is 1. The van der Waals surface area contributed by atoms with Crippen LogP contribution in [0.15, 0.2) is 35.8 Å². The average Bonchev–Trinajstić information content (AvgIpc) is 3.20. The molecule has 0 saturated heterocycles. The van der Waals surface area contributed by atoms with Crippen LogP contribution in [0.1, 0.15) is 37.6 Å². The maximum atomic E-state index is 9.81. The van der Waals surface area contributed by atoms with Crippen LogP contribution in [0.5, 0.6) is 0 Å². The molecule has 0 atom stereocenters. The van der Waals surface area contributed by atoms with Crippen LogP contribution in [-0.2, 0) is 5.41 Å². The predicted octanol–water partition coefficient (Wildman–Crippen LogP) is 6.35. The number of nitrogens with zero attached hydrogens (tertiary/aromatic N) is 3. The van der Waals surface area contributed by atoms with Crippen molar-refractivity contribution in [1.29, 1.82) is 5.26 Å². The summed E-state index contributed by atoms with van der Waals surface area (Å²) in [5.74, 6) is 0. The summed E-state index contributed by atoms with van der Waals surface area (Å²) in [6.45, 7) is 8.27. The smallest absolute Gasteiger partial charge is 0.156 e. The van der Waals surface area contributed by atoms with Crippen LogP contribution in [0, 0.1) is 18.3 Å². The molecule has 0 spiro atoms. The number of hydrogen-bond acceptors (Lipinski definition) is 3. The maximum absolute atomic E-state index is 9.81. The third-order valence-corrected chi connectivity index (χ3v) is 6.06. The second-order valence-electron chi connectivity index (χ2n) is 7.49. The molecule has 3 heterocycles. The molecule has 3 aromatic heterocycles. The van der Waals surface area contributed by atoms with Crippen molar-refractivity contribution in [2.75, 3.05) is 0 Å². The van der Waals surface area contributed by atoms with Crippen LogP contribution in [-0.4, -0.2) is 9.38 Å². The number of fused-ring (bicyclic) bond motifs is 2. The fourth-order valence-corrected chi connectivity index (χ4v) is 4.58. The van der Waals surface area contributed by atoms with E-state index in [0.717, 1.165) is 27.8 Å². The summed E-state index contributed by atoms with van der Waals surface area (Å²) in [6.07, 6.45) is 1.95. The van der Waals surface area contributed by atoms with Crippen molar-refractivity contribution in [3.8, 4) is 17.2 Å². The van der Waals surface area contributed by atoms with E-state index >= 15 is 0 Å². The van der Waals surface area contributed by atoms with Gasteiger partial charge in [0.25, 0.3) is 0 Å². The SMILES string of the molecule is Cc1c(-c2csc3ccccc23)c(Cl)n2cc(C(C)(C)C)nc2c1C#N. The Balaban J connectivity index is 2.12. The maximum Gasteiger partial charge on any atom is 0.156 e. The van der Waals surface area contributed by atoms with E-state index in [9.17, 15) is 5.26 Å². The number of aromatic nitrogens is 2. The number of nitriles is 1. The first-order chi connectivity index (χ1) is 12.3. The second-order valence-corrected chi connectivity index (χ2v) is 8.76. The van der Waals surface area contributed by atoms with Crippen LogP contribution in [0.4, 0.5) is 0 Å². The standard InChI is InChI=1S/C21H18ClN3S/c1-12-14(9-23)20-24-17(21(2,3)4)10-25(20)19(22)18(12)15-11-26-16-8-6-5-7-13(15)16/h5-8,10-11H,1-4H3. The third-order valence-electron chi connectivity index (χ3n) is 4.73. The van der Waals surface area contributed by atoms with Gasteiger partial charge in [-0.1, -0.05) is 50.6 Å². The topological polar surface area (TPSA) is 41.1 Å². The van der Waals surface area contributed by atoms with Crippen molar-refractivity contribution >= 4 is 38.7 Å². The van der Waals surface area contributed by atoms with Crippen LogP contribution < -0.4 is 0 Å². The molecule has 1 aromatic carbocycles. The van der Waals surface area contributed by atoms with Gasteiger partial charge in [0.15, 0.2) is 5.65 Å². The summed E-state index contributed by atoms with van der Waals surface area (Å²) in [5, 5.41) is 13.7. The van der Waals surface area contributed by atoms with Crippen molar-refractivity contribution in [1.82, 2.24) is 9.38 Å². The van der Waals surface area contributed by atoms with Gasteiger partial charge in [-0.25, -0.2) is 4.98 Å². The highest BCUT2D eigenvalue weighted by molar-refractivity contribution is 7.17. The third kappa shape index (κ3) is 2.43. The summed E-state index contributed by atoms with van der Waals surface area (Å²) >= 11 is 8.54. The van der Waals surface area contributed by atoms with Gasteiger partial charge in [0.2, 0.25) is 0 Å². The molecule has 5 heteroatoms. The monoisotopic (exact) mass is 379 g/mol. The number of pyridine rings is 1. The molecule has 0 aliphatic rings. The van der Waals surface area contributed by atoms with E-state index in [1.165, 1.54) is 4.70 Å². The molecular formula is C21H18ClN3S. The first-order valence-electron chi connectivity index (χ1n) is 8.41. The number of hydrogen-bond donors (Lipinski definition) is 0. The lowest BCUT2D eigenvalue weighted by atomic mass is 9.93. The van der Waals surface area contributed by atoms with E-state index in [0.29, 0.717) is 16.4 Å². The van der Waals surface area contributed by atoms with E-state index in [1.54, 1.807) is 11.3 Å². The molecule has 0 saturated carbocycles. The number of halogens is 1. The average molecular weight is 380 g/mol. The Morgan fingerprint density at radius 3 is 2.65 bits per heavy atom. The molecule has 4 aromatic rings. The normalized spacial score (nSPS) is 12.0. The zero-order chi connectivity index (χ0) is 18.6. The van der Waals surface area contributed by atoms with Gasteiger partial charge in [0.1, 0.15) is 11.2 Å². The van der Waals surface area contributed by atoms with Gasteiger partial charge >= 0.3 is 0 Å². The quantitative estimate of drug-likeness (QED) is 0.362. The highest BCUT2D eigenvalue weighted by atomic mass is 35.5. The molecule has 0 aliphatic carbocycles. The van der Waals surface area contributed by atoms with Crippen molar-refractivity contribution < 1.29 is 0 Å². The lowest BCUT2D eigenvalue weighted by Crippen LogP contribution is -2.11. The van der Waals surface area contributed by atoms with Gasteiger partial charge in [0, 0.05) is 32.8 Å². The zero-order valence-electron chi connectivity index (χ0n) is 15.1. The summed E-state index contributed by atoms with van der Waals surface area (Å²) in [7, 11) is 0. The van der Waals surface area contributed by atoms with Crippen LogP contribution in [0.3, 0.4) is 0 Å². The zero-order valence-corrected chi connectivity index (χ0v) is 16.7. The van der Waals surface area contributed by atoms with E-state index in [2.05, 4.69) is 44.4 Å². The van der Waals surface area contributed by atoms with Crippen molar-refractivity contribution in [2.45, 2.75) is 33.1 Å². The minimum atomic E-state index is -0.120. The summed E-state index contributed by atoms with van der Waals surface area (Å²) in [4.78, 5) is 4.72. The Morgan fingerprint density at radius 2 is 1.96 bits per heavy atom. The molecule has 0 bridgehead atoms. The Labute approximate surface area is 161 Å². The summed E-state index contributed by atoms with van der Waals surface area (Å²) in [6, 6.07) is 10.6. The van der Waals surface area contributed by atoms with Crippen LogP contribution in [0.2, 0.25) is 5.15 Å². The molecule has 0 unspecified atom stereocenters. The Bertz CT molecular complexity index is 1200. The summed E-state index contributed by atoms with van der Waals surface area (Å²) < 4.78 is 3.06. The molecule has 4 rings (SSSR count). The highest BCUT2D eigenvalue weighted by Gasteiger charge is 2.24. The fourth-order valence-electron chi connectivity index (χ4n) is 3.25. The largest absolute Gasteiger partial charge is 0.288 e. The van der Waals surface area contributed by atoms with E-state index in [-0.39, 0.29) is 5.41 Å². The first-order valence-corrected chi connectivity index (χ1v) is 9.67. The van der Waals surface area contributed by atoms with Crippen molar-refractivity contribution in [2.24, 2.45) is 0 Å². The fraction of sp³-hybridized carbons (Fsp3) is 0.238. The predicted molar refractivity (Wildman–Crippen MR) is 109 cm³/mol. The van der Waals surface area contributed by atoms with Gasteiger partial charge < -0.3 is 0 Å². The summed E-state index contributed by atoms with van der Waals surface area (Å²) in [5.41, 5.74) is 4.86. The molecule has 3 nitrogen and oxygen atoms in total. The Morgan fingerprint density at radius 1 is 1.23 bits per heavy atom. The van der Waals surface area contributed by atoms with Gasteiger partial charge in [-0.2, -0.15) is 5.26 Å². The highest BCUT2D eigenvalue weighted by Crippen LogP contribution is 2.41. The Hall–Kier alpha value is -2.35. The molecule has 26 heavy (non-hydrogen) atoms. The molecule has 130 valence electrons.